The topological polar surface area (TPSA) is 34.4 Å². The average molecular weight is 410 g/mol. The Balaban J connectivity index is 1.79. The largest absolute Gasteiger partial charge is 0.314 e. The maximum absolute atomic E-state index is 14.2. The van der Waals surface area contributed by atoms with Gasteiger partial charge in [-0.2, -0.15) is 4.99 Å². The fourth-order valence-corrected chi connectivity index (χ4v) is 4.55. The number of nitrogens with zero attached hydrogens (tertiary/aromatic N) is 2. The van der Waals surface area contributed by atoms with Gasteiger partial charge < -0.3 is 4.57 Å². The summed E-state index contributed by atoms with van der Waals surface area (Å²) in [7, 11) is 0. The van der Waals surface area contributed by atoms with Crippen LogP contribution in [0.1, 0.15) is 19.8 Å². The first-order chi connectivity index (χ1) is 13.0. The molecule has 3 nitrogen and oxygen atoms in total. The molecule has 1 aromatic heterocycles. The van der Waals surface area contributed by atoms with E-state index in [2.05, 4.69) is 4.99 Å². The van der Waals surface area contributed by atoms with Crippen molar-refractivity contribution in [3.8, 4) is 0 Å². The molecule has 0 saturated heterocycles. The number of thiazole rings is 1. The third-order valence-corrected chi connectivity index (χ3v) is 5.80. The highest BCUT2D eigenvalue weighted by Gasteiger charge is 2.13. The standard InChI is InChI=1S/C19H17F3N2OS2/c1-2-8-24-18-15(22)10-13(21)11-16(18)27-19(24)23-17(25)7-9-26-14-5-3-12(20)4-6-14/h3-6,10-11H,2,7-9H2,1H3. The number of hydrogen-bond acceptors (Lipinski definition) is 3. The Morgan fingerprint density at radius 2 is 1.89 bits per heavy atom. The second kappa shape index (κ2) is 8.75. The molecule has 3 rings (SSSR count). The smallest absolute Gasteiger partial charge is 0.249 e. The molecule has 0 bridgehead atoms. The summed E-state index contributed by atoms with van der Waals surface area (Å²) in [5.41, 5.74) is 0.274. The van der Waals surface area contributed by atoms with Crippen LogP contribution in [-0.2, 0) is 11.3 Å². The van der Waals surface area contributed by atoms with E-state index in [4.69, 9.17) is 0 Å². The molecule has 0 N–H and O–H groups in total. The first-order valence-electron chi connectivity index (χ1n) is 8.42. The van der Waals surface area contributed by atoms with Gasteiger partial charge in [-0.3, -0.25) is 4.79 Å². The highest BCUT2D eigenvalue weighted by molar-refractivity contribution is 7.99. The van der Waals surface area contributed by atoms with Crippen LogP contribution in [0.4, 0.5) is 13.2 Å². The number of fused-ring (bicyclic) bond motifs is 1. The van der Waals surface area contributed by atoms with E-state index in [-0.39, 0.29) is 23.7 Å². The summed E-state index contributed by atoms with van der Waals surface area (Å²) in [4.78, 5) is 17.6. The molecule has 142 valence electrons. The number of thioether (sulfide) groups is 1. The summed E-state index contributed by atoms with van der Waals surface area (Å²) in [6.45, 7) is 2.42. The van der Waals surface area contributed by atoms with E-state index in [9.17, 15) is 18.0 Å². The molecule has 8 heteroatoms. The lowest BCUT2D eigenvalue weighted by Gasteiger charge is -2.03. The molecule has 0 aliphatic carbocycles. The predicted molar refractivity (Wildman–Crippen MR) is 102 cm³/mol. The molecule has 0 spiro atoms. The number of halogens is 3. The number of hydrogen-bond donors (Lipinski definition) is 0. The Kier molecular flexibility index (Phi) is 6.38. The van der Waals surface area contributed by atoms with Crippen LogP contribution in [0.25, 0.3) is 10.2 Å². The SMILES string of the molecule is CCCn1c(=NC(=O)CCSc2ccc(F)cc2)sc2cc(F)cc(F)c21. The normalized spacial score (nSPS) is 12.1. The lowest BCUT2D eigenvalue weighted by molar-refractivity contribution is -0.117. The summed E-state index contributed by atoms with van der Waals surface area (Å²) in [6.07, 6.45) is 0.920. The number of aromatic nitrogens is 1. The van der Waals surface area contributed by atoms with Crippen LogP contribution in [0.5, 0.6) is 0 Å². The molecular weight excluding hydrogens is 393 g/mol. The van der Waals surface area contributed by atoms with E-state index in [0.29, 0.717) is 21.8 Å². The van der Waals surface area contributed by atoms with Crippen molar-refractivity contribution in [1.82, 2.24) is 4.57 Å². The van der Waals surface area contributed by atoms with Gasteiger partial charge in [-0.05, 0) is 36.8 Å². The van der Waals surface area contributed by atoms with E-state index >= 15 is 0 Å². The maximum atomic E-state index is 14.2. The zero-order valence-electron chi connectivity index (χ0n) is 14.5. The van der Waals surface area contributed by atoms with Crippen molar-refractivity contribution in [3.05, 3.63) is 58.7 Å². The van der Waals surface area contributed by atoms with Crippen molar-refractivity contribution >= 4 is 39.2 Å². The van der Waals surface area contributed by atoms with Gasteiger partial charge in [-0.15, -0.1) is 11.8 Å². The molecule has 0 atom stereocenters. The average Bonchev–Trinajstić information content (AvgIpc) is 2.94. The molecule has 0 saturated carbocycles. The van der Waals surface area contributed by atoms with Crippen molar-refractivity contribution in [1.29, 1.82) is 0 Å². The Bertz CT molecular complexity index is 1030. The second-order valence-corrected chi connectivity index (χ2v) is 8.01. The molecule has 3 aromatic rings. The third kappa shape index (κ3) is 4.81. The van der Waals surface area contributed by atoms with E-state index < -0.39 is 11.6 Å². The fourth-order valence-electron chi connectivity index (χ4n) is 2.60. The van der Waals surface area contributed by atoms with Crippen LogP contribution >= 0.6 is 23.1 Å². The highest BCUT2D eigenvalue weighted by atomic mass is 32.2. The third-order valence-electron chi connectivity index (χ3n) is 3.76. The van der Waals surface area contributed by atoms with Crippen LogP contribution in [0.3, 0.4) is 0 Å². The summed E-state index contributed by atoms with van der Waals surface area (Å²) in [5.74, 6) is -1.45. The highest BCUT2D eigenvalue weighted by Crippen LogP contribution is 2.23. The maximum Gasteiger partial charge on any atom is 0.249 e. The van der Waals surface area contributed by atoms with Gasteiger partial charge in [0.25, 0.3) is 0 Å². The summed E-state index contributed by atoms with van der Waals surface area (Å²) in [6, 6.07) is 8.13. The van der Waals surface area contributed by atoms with Gasteiger partial charge in [0.2, 0.25) is 5.91 Å². The zero-order chi connectivity index (χ0) is 19.4. The Morgan fingerprint density at radius 1 is 1.15 bits per heavy atom. The Morgan fingerprint density at radius 3 is 2.59 bits per heavy atom. The van der Waals surface area contributed by atoms with Gasteiger partial charge in [-0.1, -0.05) is 18.3 Å². The minimum atomic E-state index is -0.657. The molecule has 0 aliphatic heterocycles. The number of aryl methyl sites for hydroxylation is 1. The van der Waals surface area contributed by atoms with Gasteiger partial charge in [-0.25, -0.2) is 13.2 Å². The number of benzene rings is 2. The Hall–Kier alpha value is -2.06. The molecule has 1 heterocycles. The zero-order valence-corrected chi connectivity index (χ0v) is 16.2. The van der Waals surface area contributed by atoms with E-state index in [1.54, 1.807) is 16.7 Å². The van der Waals surface area contributed by atoms with E-state index in [1.807, 2.05) is 6.92 Å². The van der Waals surface area contributed by atoms with E-state index in [0.717, 1.165) is 28.7 Å². The van der Waals surface area contributed by atoms with Crippen molar-refractivity contribution in [2.45, 2.75) is 31.2 Å². The van der Waals surface area contributed by atoms with Gasteiger partial charge in [0.05, 0.1) is 10.2 Å². The first kappa shape index (κ1) is 19.7. The molecule has 0 radical (unpaired) electrons. The number of rotatable bonds is 6. The van der Waals surface area contributed by atoms with Gasteiger partial charge >= 0.3 is 0 Å². The van der Waals surface area contributed by atoms with Crippen LogP contribution < -0.4 is 4.80 Å². The lowest BCUT2D eigenvalue weighted by atomic mass is 10.3. The number of carbonyl (C=O) groups excluding carboxylic acids is 1. The summed E-state index contributed by atoms with van der Waals surface area (Å²) in [5, 5.41) is 0. The summed E-state index contributed by atoms with van der Waals surface area (Å²) >= 11 is 2.53. The quantitative estimate of drug-likeness (QED) is 0.528. The predicted octanol–water partition coefficient (Wildman–Crippen LogP) is 5.14. The van der Waals surface area contributed by atoms with Crippen molar-refractivity contribution < 1.29 is 18.0 Å². The van der Waals surface area contributed by atoms with E-state index in [1.165, 1.54) is 30.0 Å². The van der Waals surface area contributed by atoms with Crippen LogP contribution in [0.15, 0.2) is 46.3 Å². The second-order valence-electron chi connectivity index (χ2n) is 5.83. The van der Waals surface area contributed by atoms with Crippen LogP contribution in [-0.4, -0.2) is 16.2 Å². The minimum absolute atomic E-state index is 0.194. The van der Waals surface area contributed by atoms with Gasteiger partial charge in [0.15, 0.2) is 10.6 Å². The molecule has 0 fully saturated rings. The molecular formula is C19H17F3N2OS2. The van der Waals surface area contributed by atoms with Gasteiger partial charge in [0.1, 0.15) is 11.6 Å². The lowest BCUT2D eigenvalue weighted by Crippen LogP contribution is -2.17. The molecule has 2 aromatic carbocycles. The number of carbonyl (C=O) groups is 1. The molecule has 27 heavy (non-hydrogen) atoms. The monoisotopic (exact) mass is 410 g/mol. The van der Waals surface area contributed by atoms with Gasteiger partial charge in [0, 0.05) is 29.7 Å². The summed E-state index contributed by atoms with van der Waals surface area (Å²) < 4.78 is 42.6. The molecule has 0 unspecified atom stereocenters. The van der Waals surface area contributed by atoms with Crippen molar-refractivity contribution in [2.24, 2.45) is 4.99 Å². The Labute approximate surface area is 162 Å². The van der Waals surface area contributed by atoms with Crippen molar-refractivity contribution in [3.63, 3.8) is 0 Å². The van der Waals surface area contributed by atoms with Crippen LogP contribution in [0.2, 0.25) is 0 Å². The van der Waals surface area contributed by atoms with Crippen molar-refractivity contribution in [2.75, 3.05) is 5.75 Å². The van der Waals surface area contributed by atoms with Crippen LogP contribution in [0, 0.1) is 17.5 Å². The molecule has 0 aliphatic rings. The number of amides is 1. The minimum Gasteiger partial charge on any atom is -0.314 e. The fraction of sp³-hybridized carbons (Fsp3) is 0.263. The first-order valence-corrected chi connectivity index (χ1v) is 10.2. The molecule has 1 amide bonds.